The third-order valence-corrected chi connectivity index (χ3v) is 9.62. The Labute approximate surface area is 279 Å². The van der Waals surface area contributed by atoms with E-state index in [1.807, 2.05) is 38.4 Å². The highest BCUT2D eigenvalue weighted by Gasteiger charge is 2.37. The summed E-state index contributed by atoms with van der Waals surface area (Å²) in [4.78, 5) is 2.09. The van der Waals surface area contributed by atoms with Gasteiger partial charge in [-0.3, -0.25) is 9.11 Å². The summed E-state index contributed by atoms with van der Waals surface area (Å²) in [5, 5.41) is 29.9. The van der Waals surface area contributed by atoms with Crippen molar-refractivity contribution in [3.05, 3.63) is 83.9 Å². The molecule has 1 heterocycles. The van der Waals surface area contributed by atoms with Gasteiger partial charge in [-0.15, -0.1) is 8.80 Å². The number of phenolic OH excluding ortho intramolecular Hbond substituents is 1. The van der Waals surface area contributed by atoms with Crippen molar-refractivity contribution >= 4 is 34.0 Å². The summed E-state index contributed by atoms with van der Waals surface area (Å²) in [5.74, 6) is 1.40. The van der Waals surface area contributed by atoms with Gasteiger partial charge in [0.25, 0.3) is 0 Å². The van der Waals surface area contributed by atoms with Gasteiger partial charge in [0, 0.05) is 60.5 Å². The first-order chi connectivity index (χ1) is 22.3. The molecule has 3 aromatic carbocycles. The van der Waals surface area contributed by atoms with Crippen LogP contribution in [0.2, 0.25) is 0 Å². The Morgan fingerprint density at radius 1 is 0.915 bits per heavy atom. The maximum absolute atomic E-state index is 10.4. The molecule has 254 valence electrons. The third-order valence-electron chi connectivity index (χ3n) is 8.76. The molecule has 0 aromatic heterocycles. The number of aliphatic hydroxyl groups excluding tert-OH is 1. The van der Waals surface area contributed by atoms with Crippen LogP contribution in [0, 0.1) is 0 Å². The largest absolute Gasteiger partial charge is 0.508 e. The van der Waals surface area contributed by atoms with Crippen molar-refractivity contribution in [3.63, 3.8) is 0 Å². The van der Waals surface area contributed by atoms with Crippen molar-refractivity contribution in [2.45, 2.75) is 63.0 Å². The molecule has 1 saturated carbocycles. The van der Waals surface area contributed by atoms with Crippen LogP contribution in [-0.4, -0.2) is 76.4 Å². The van der Waals surface area contributed by atoms with E-state index in [1.165, 1.54) is 5.56 Å². The highest BCUT2D eigenvalue weighted by atomic mass is 32.3. The summed E-state index contributed by atoms with van der Waals surface area (Å²) in [7, 11) is 0.587. The zero-order chi connectivity index (χ0) is 33.7. The topological polar surface area (TPSA) is 154 Å². The summed E-state index contributed by atoms with van der Waals surface area (Å²) in [5.41, 5.74) is 3.91. The third kappa shape index (κ3) is 9.39. The number of phenols is 1. The maximum atomic E-state index is 10.4. The fraction of sp³-hybridized carbons (Fsp3) is 0.429. The van der Waals surface area contributed by atoms with E-state index in [4.69, 9.17) is 4.74 Å². The number of anilines is 2. The summed E-state index contributed by atoms with van der Waals surface area (Å²) >= 11 is 0. The average molecular weight is 665 g/mol. The highest BCUT2D eigenvalue weighted by Crippen LogP contribution is 2.46. The van der Waals surface area contributed by atoms with Gasteiger partial charge in [0.2, 0.25) is 0 Å². The van der Waals surface area contributed by atoms with Crippen LogP contribution in [0.1, 0.15) is 50.7 Å². The molecule has 3 aromatic rings. The second-order valence-corrected chi connectivity index (χ2v) is 14.7. The molecule has 0 spiro atoms. The number of aliphatic hydroxyl groups is 1. The van der Waals surface area contributed by atoms with Crippen LogP contribution in [0.4, 0.5) is 11.4 Å². The number of ether oxygens (including phenoxy) is 1. The molecule has 0 radical (unpaired) electrons. The van der Waals surface area contributed by atoms with Crippen LogP contribution in [0.25, 0.3) is 0 Å². The normalized spacial score (nSPS) is 18.2. The van der Waals surface area contributed by atoms with Gasteiger partial charge in [-0.1, -0.05) is 37.1 Å². The first-order valence-electron chi connectivity index (χ1n) is 16.0. The Kier molecular flexibility index (Phi) is 10.7. The Morgan fingerprint density at radius 2 is 1.55 bits per heavy atom. The van der Waals surface area contributed by atoms with Gasteiger partial charge in [0.05, 0.1) is 0 Å². The van der Waals surface area contributed by atoms with Gasteiger partial charge in [-0.05, 0) is 92.8 Å². The molecule has 1 fully saturated rings. The predicted molar refractivity (Wildman–Crippen MR) is 192 cm³/mol. The Balaban J connectivity index is 1.15. The smallest absolute Gasteiger partial charge is 0.196 e. The number of nitrogens with zero attached hydrogens (tertiary/aromatic N) is 3. The van der Waals surface area contributed by atoms with Crippen molar-refractivity contribution < 1.29 is 24.1 Å². The summed E-state index contributed by atoms with van der Waals surface area (Å²) in [6.45, 7) is 5.25. The molecule has 12 heteroatoms. The fourth-order valence-corrected chi connectivity index (χ4v) is 6.95. The highest BCUT2D eigenvalue weighted by molar-refractivity contribution is 8.22. The molecule has 1 aliphatic carbocycles. The van der Waals surface area contributed by atoms with E-state index >= 15 is 0 Å². The predicted octanol–water partition coefficient (Wildman–Crippen LogP) is 5.71. The van der Waals surface area contributed by atoms with E-state index in [1.54, 1.807) is 24.3 Å². The standard InChI is InChI=1S/C35H48N6O5S/c1-34(2,37-22-30(43)23-46-31-17-15-29(42)16-18-31)21-25-7-11-27(12-8-25)38-33-32(39-47(44,45)40-33)36-24-35(19-5-6-20-35)26-9-13-28(14-10-26)41(3)4/h7-18,30,37,42-45H,5-6,19-24H2,1-4H3,(H,36,39)(H,38,40)/t30-/m0/s1. The monoisotopic (exact) mass is 664 g/mol. The van der Waals surface area contributed by atoms with E-state index in [0.717, 1.165) is 42.6 Å². The van der Waals surface area contributed by atoms with Crippen LogP contribution in [0.15, 0.2) is 81.6 Å². The molecule has 1 atom stereocenters. The summed E-state index contributed by atoms with van der Waals surface area (Å²) in [6.07, 6.45) is 4.39. The van der Waals surface area contributed by atoms with Gasteiger partial charge in [0.15, 0.2) is 11.7 Å². The number of β-amino-alcohol motifs (C(OH)–C–C–N with tert-alkyl or cyclic N) is 1. The lowest BCUT2D eigenvalue weighted by molar-refractivity contribution is 0.0988. The zero-order valence-electron chi connectivity index (χ0n) is 27.6. The average Bonchev–Trinajstić information content (AvgIpc) is 3.63. The SMILES string of the molecule is CN(C)c1ccc(C2(CNC3=NS(O)(O)N=C3Nc3ccc(CC(C)(C)NC[C@H](O)COc4ccc(O)cc4)cc3)CCCC2)cc1. The molecule has 7 N–H and O–H groups in total. The van der Waals surface area contributed by atoms with E-state index < -0.39 is 17.1 Å². The van der Waals surface area contributed by atoms with Crippen molar-refractivity contribution in [1.29, 1.82) is 0 Å². The quantitative estimate of drug-likeness (QED) is 0.122. The molecular weight excluding hydrogens is 616 g/mol. The van der Waals surface area contributed by atoms with Crippen LogP contribution in [-0.2, 0) is 11.8 Å². The number of benzene rings is 3. The number of aromatic hydroxyl groups is 1. The minimum atomic E-state index is -3.48. The lowest BCUT2D eigenvalue weighted by atomic mass is 9.78. The Morgan fingerprint density at radius 3 is 2.19 bits per heavy atom. The number of hydrogen-bond donors (Lipinski definition) is 7. The Hall–Kier alpha value is -3.81. The van der Waals surface area contributed by atoms with E-state index in [0.29, 0.717) is 36.9 Å². The van der Waals surface area contributed by atoms with Crippen LogP contribution < -0.4 is 25.6 Å². The fourth-order valence-electron chi connectivity index (χ4n) is 6.14. The minimum Gasteiger partial charge on any atom is -0.508 e. The van der Waals surface area contributed by atoms with Crippen LogP contribution in [0.5, 0.6) is 11.5 Å². The van der Waals surface area contributed by atoms with Crippen molar-refractivity contribution in [1.82, 2.24) is 10.6 Å². The van der Waals surface area contributed by atoms with Gasteiger partial charge < -0.3 is 35.8 Å². The molecule has 47 heavy (non-hydrogen) atoms. The Bertz CT molecular complexity index is 1540. The second-order valence-electron chi connectivity index (χ2n) is 13.4. The minimum absolute atomic E-state index is 0.0672. The molecule has 0 unspecified atom stereocenters. The van der Waals surface area contributed by atoms with Gasteiger partial charge in [-0.2, -0.15) is 0 Å². The number of amidine groups is 2. The number of nitrogens with one attached hydrogen (secondary N) is 3. The van der Waals surface area contributed by atoms with Gasteiger partial charge in [0.1, 0.15) is 24.2 Å². The van der Waals surface area contributed by atoms with E-state index in [9.17, 15) is 19.3 Å². The summed E-state index contributed by atoms with van der Waals surface area (Å²) < 4.78 is 34.6. The molecule has 0 amide bonds. The van der Waals surface area contributed by atoms with Crippen molar-refractivity contribution in [2.24, 2.45) is 8.80 Å². The summed E-state index contributed by atoms with van der Waals surface area (Å²) in [6, 6.07) is 23.0. The maximum Gasteiger partial charge on any atom is 0.196 e. The molecule has 0 bridgehead atoms. The molecule has 5 rings (SSSR count). The van der Waals surface area contributed by atoms with Gasteiger partial charge >= 0.3 is 0 Å². The van der Waals surface area contributed by atoms with Crippen molar-refractivity contribution in [2.75, 3.05) is 44.0 Å². The second kappa shape index (κ2) is 14.5. The molecular formula is C35H48N6O5S. The first kappa shape index (κ1) is 34.5. The van der Waals surface area contributed by atoms with Gasteiger partial charge in [-0.25, -0.2) is 0 Å². The zero-order valence-corrected chi connectivity index (χ0v) is 28.4. The van der Waals surface area contributed by atoms with Crippen LogP contribution in [0.3, 0.4) is 0 Å². The number of rotatable bonds is 13. The first-order valence-corrected chi connectivity index (χ1v) is 17.5. The van der Waals surface area contributed by atoms with E-state index in [2.05, 4.69) is 67.8 Å². The number of hydrogen-bond acceptors (Lipinski definition) is 11. The lowest BCUT2D eigenvalue weighted by Crippen LogP contribution is -2.46. The molecule has 11 nitrogen and oxygen atoms in total. The van der Waals surface area contributed by atoms with Crippen molar-refractivity contribution in [3.8, 4) is 11.5 Å². The van der Waals surface area contributed by atoms with Crippen LogP contribution >= 0.6 is 11.0 Å². The lowest BCUT2D eigenvalue weighted by Gasteiger charge is -2.31. The molecule has 2 aliphatic rings. The molecule has 1 aliphatic heterocycles. The van der Waals surface area contributed by atoms with E-state index in [-0.39, 0.29) is 23.3 Å². The molecule has 0 saturated heterocycles.